The lowest BCUT2D eigenvalue weighted by atomic mass is 9.83. The lowest BCUT2D eigenvalue weighted by Crippen LogP contribution is -2.22. The van der Waals surface area contributed by atoms with E-state index in [0.717, 1.165) is 16.7 Å². The fourth-order valence-electron chi connectivity index (χ4n) is 4.02. The van der Waals surface area contributed by atoms with Crippen molar-refractivity contribution in [3.63, 3.8) is 0 Å². The Morgan fingerprint density at radius 1 is 1.09 bits per heavy atom. The van der Waals surface area contributed by atoms with Crippen LogP contribution >= 0.6 is 11.6 Å². The Morgan fingerprint density at radius 2 is 1.80 bits per heavy atom. The van der Waals surface area contributed by atoms with E-state index in [0.29, 0.717) is 27.8 Å². The van der Waals surface area contributed by atoms with Crippen LogP contribution in [-0.4, -0.2) is 19.7 Å². The molecule has 3 aromatic rings. The number of para-hydroxylation sites is 1. The molecule has 0 saturated heterocycles. The minimum Gasteiger partial charge on any atom is -0.496 e. The molecule has 178 valence electrons. The minimum absolute atomic E-state index is 0.0174. The molecule has 1 aliphatic rings. The maximum Gasteiger partial charge on any atom is 0.349 e. The number of methoxy groups -OCH3 is 1. The number of hydrogen-bond donors (Lipinski definition) is 1. The zero-order valence-corrected chi connectivity index (χ0v) is 20.2. The van der Waals surface area contributed by atoms with E-state index in [1.807, 2.05) is 38.1 Å². The van der Waals surface area contributed by atoms with E-state index in [9.17, 15) is 10.1 Å². The van der Waals surface area contributed by atoms with Crippen LogP contribution in [0.15, 0.2) is 66.1 Å². The number of allylic oxidation sites excluding steroid dienone is 1. The Morgan fingerprint density at radius 3 is 2.49 bits per heavy atom. The summed E-state index contributed by atoms with van der Waals surface area (Å²) in [5.74, 6) is 0.678. The molecule has 0 fully saturated rings. The van der Waals surface area contributed by atoms with Crippen molar-refractivity contribution < 1.29 is 23.7 Å². The normalized spacial score (nSPS) is 14.4. The van der Waals surface area contributed by atoms with Crippen molar-refractivity contribution in [2.45, 2.75) is 19.8 Å². The van der Waals surface area contributed by atoms with E-state index in [1.54, 1.807) is 37.4 Å². The number of carbonyl (C=O) groups excluding carboxylic acids is 1. The predicted octanol–water partition coefficient (Wildman–Crippen LogP) is 5.17. The second-order valence-electron chi connectivity index (χ2n) is 8.00. The summed E-state index contributed by atoms with van der Waals surface area (Å²) in [6, 6.07) is 18.0. The number of carbonyl (C=O) groups is 1. The third-order valence-corrected chi connectivity index (χ3v) is 6.23. The number of nitrogens with zero attached hydrogens (tertiary/aromatic N) is 1. The van der Waals surface area contributed by atoms with Gasteiger partial charge in [-0.2, -0.15) is 5.26 Å². The van der Waals surface area contributed by atoms with Gasteiger partial charge in [-0.1, -0.05) is 35.9 Å². The van der Waals surface area contributed by atoms with Crippen molar-refractivity contribution in [1.29, 1.82) is 5.26 Å². The smallest absolute Gasteiger partial charge is 0.349 e. The molecule has 1 atom stereocenters. The standard InChI is InChI=1S/C27H23ClN2O5/c1-15-10-18(11-16(2)26(15)28)33-14-24(31)34-17-8-9-20-23(12-17)35-27(30)21(13-29)25(20)19-6-4-5-7-22(19)32-3/h4-12,25H,14,30H2,1-3H3. The lowest BCUT2D eigenvalue weighted by Gasteiger charge is -2.27. The molecule has 8 heteroatoms. The summed E-state index contributed by atoms with van der Waals surface area (Å²) >= 11 is 6.18. The van der Waals surface area contributed by atoms with Gasteiger partial charge in [0.05, 0.1) is 13.0 Å². The first-order valence-electron chi connectivity index (χ1n) is 10.8. The summed E-state index contributed by atoms with van der Waals surface area (Å²) in [6.07, 6.45) is 0. The number of ether oxygens (including phenoxy) is 4. The molecule has 1 heterocycles. The zero-order valence-electron chi connectivity index (χ0n) is 19.4. The number of hydrogen-bond acceptors (Lipinski definition) is 7. The van der Waals surface area contributed by atoms with E-state index >= 15 is 0 Å². The third kappa shape index (κ3) is 4.88. The average Bonchev–Trinajstić information content (AvgIpc) is 2.85. The topological polar surface area (TPSA) is 104 Å². The molecule has 3 aromatic carbocycles. The van der Waals surface area contributed by atoms with Gasteiger partial charge in [-0.3, -0.25) is 0 Å². The highest BCUT2D eigenvalue weighted by atomic mass is 35.5. The van der Waals surface area contributed by atoms with E-state index in [2.05, 4.69) is 6.07 Å². The molecule has 1 aliphatic heterocycles. The summed E-state index contributed by atoms with van der Waals surface area (Å²) in [7, 11) is 1.56. The molecule has 0 spiro atoms. The van der Waals surface area contributed by atoms with Gasteiger partial charge in [-0.25, -0.2) is 4.79 Å². The molecular weight excluding hydrogens is 468 g/mol. The first-order chi connectivity index (χ1) is 16.8. The van der Waals surface area contributed by atoms with E-state index in [4.69, 9.17) is 36.3 Å². The molecule has 35 heavy (non-hydrogen) atoms. The molecule has 0 radical (unpaired) electrons. The molecule has 0 aromatic heterocycles. The molecule has 0 bridgehead atoms. The van der Waals surface area contributed by atoms with Crippen LogP contribution < -0.4 is 24.7 Å². The molecular formula is C27H23ClN2O5. The largest absolute Gasteiger partial charge is 0.496 e. The fraction of sp³-hybridized carbons (Fsp3) is 0.185. The van der Waals surface area contributed by atoms with Crippen LogP contribution in [-0.2, 0) is 4.79 Å². The van der Waals surface area contributed by atoms with E-state index < -0.39 is 11.9 Å². The summed E-state index contributed by atoms with van der Waals surface area (Å²) in [5.41, 5.74) is 9.53. The number of esters is 1. The highest BCUT2D eigenvalue weighted by molar-refractivity contribution is 6.32. The van der Waals surface area contributed by atoms with Crippen molar-refractivity contribution in [3.05, 3.63) is 93.3 Å². The van der Waals surface area contributed by atoms with Crippen molar-refractivity contribution in [2.75, 3.05) is 13.7 Å². The molecule has 7 nitrogen and oxygen atoms in total. The highest BCUT2D eigenvalue weighted by Gasteiger charge is 2.32. The Bertz CT molecular complexity index is 1350. The summed E-state index contributed by atoms with van der Waals surface area (Å²) in [6.45, 7) is 3.44. The van der Waals surface area contributed by atoms with Crippen molar-refractivity contribution in [1.82, 2.24) is 0 Å². The van der Waals surface area contributed by atoms with Crippen LogP contribution in [0.4, 0.5) is 0 Å². The van der Waals surface area contributed by atoms with Crippen LogP contribution in [0.2, 0.25) is 5.02 Å². The molecule has 2 N–H and O–H groups in total. The van der Waals surface area contributed by atoms with Gasteiger partial charge in [0.25, 0.3) is 0 Å². The first-order valence-corrected chi connectivity index (χ1v) is 11.1. The number of rotatable bonds is 6. The number of aryl methyl sites for hydroxylation is 2. The van der Waals surface area contributed by atoms with E-state index in [-0.39, 0.29) is 23.8 Å². The Kier molecular flexibility index (Phi) is 6.85. The van der Waals surface area contributed by atoms with Gasteiger partial charge in [-0.05, 0) is 49.2 Å². The molecule has 0 saturated carbocycles. The maximum atomic E-state index is 12.4. The number of nitriles is 1. The molecule has 4 rings (SSSR count). The molecule has 0 aliphatic carbocycles. The second-order valence-corrected chi connectivity index (χ2v) is 8.38. The summed E-state index contributed by atoms with van der Waals surface area (Å²) in [5, 5.41) is 10.4. The summed E-state index contributed by atoms with van der Waals surface area (Å²) in [4.78, 5) is 12.4. The van der Waals surface area contributed by atoms with Crippen LogP contribution in [0.1, 0.15) is 28.2 Å². The van der Waals surface area contributed by atoms with Gasteiger partial charge in [-0.15, -0.1) is 0 Å². The minimum atomic E-state index is -0.589. The van der Waals surface area contributed by atoms with Crippen LogP contribution in [0.3, 0.4) is 0 Å². The molecule has 1 unspecified atom stereocenters. The SMILES string of the molecule is COc1ccccc1C1C(C#N)=C(N)Oc2cc(OC(=O)COc3cc(C)c(Cl)c(C)c3)ccc21. The first kappa shape index (κ1) is 24.0. The number of halogens is 1. The number of benzene rings is 3. The van der Waals surface area contributed by atoms with Gasteiger partial charge in [0.1, 0.15) is 34.6 Å². The van der Waals surface area contributed by atoms with E-state index in [1.165, 1.54) is 0 Å². The third-order valence-electron chi connectivity index (χ3n) is 5.64. The van der Waals surface area contributed by atoms with Gasteiger partial charge < -0.3 is 24.7 Å². The number of fused-ring (bicyclic) bond motifs is 1. The van der Waals surface area contributed by atoms with Crippen molar-refractivity contribution in [3.8, 4) is 29.1 Å². The quantitative estimate of drug-likeness (QED) is 0.375. The fourth-order valence-corrected chi connectivity index (χ4v) is 4.13. The van der Waals surface area contributed by atoms with Gasteiger partial charge in [0.15, 0.2) is 6.61 Å². The van der Waals surface area contributed by atoms with Gasteiger partial charge >= 0.3 is 5.97 Å². The number of nitrogens with two attached hydrogens (primary N) is 1. The zero-order chi connectivity index (χ0) is 25.1. The predicted molar refractivity (Wildman–Crippen MR) is 131 cm³/mol. The maximum absolute atomic E-state index is 12.4. The summed E-state index contributed by atoms with van der Waals surface area (Å²) < 4.78 is 22.2. The van der Waals surface area contributed by atoms with Crippen LogP contribution in [0.25, 0.3) is 0 Å². The van der Waals surface area contributed by atoms with Gasteiger partial charge in [0, 0.05) is 22.2 Å². The Hall–Kier alpha value is -4.15. The van der Waals surface area contributed by atoms with Gasteiger partial charge in [0.2, 0.25) is 5.88 Å². The molecule has 0 amide bonds. The average molecular weight is 491 g/mol. The van der Waals surface area contributed by atoms with Crippen LogP contribution in [0.5, 0.6) is 23.0 Å². The Labute approximate surface area is 208 Å². The Balaban J connectivity index is 1.55. The highest BCUT2D eigenvalue weighted by Crippen LogP contribution is 2.45. The second kappa shape index (κ2) is 10.00. The van der Waals surface area contributed by atoms with Crippen molar-refractivity contribution >= 4 is 17.6 Å². The monoisotopic (exact) mass is 490 g/mol. The van der Waals surface area contributed by atoms with Crippen molar-refractivity contribution in [2.24, 2.45) is 5.73 Å². The van der Waals surface area contributed by atoms with Crippen LogP contribution in [0, 0.1) is 25.2 Å². The lowest BCUT2D eigenvalue weighted by molar-refractivity contribution is -0.136.